The minimum Gasteiger partial charge on any atom is -0.378 e. The Hall–Kier alpha value is -3.88. The number of hydrogen-bond acceptors (Lipinski definition) is 7. The third-order valence-corrected chi connectivity index (χ3v) is 7.72. The second kappa shape index (κ2) is 10.2. The smallest absolute Gasteiger partial charge is 0.378 e. The minimum absolute atomic E-state index is 0.0186. The molecule has 41 heavy (non-hydrogen) atoms. The number of rotatable bonds is 5. The summed E-state index contributed by atoms with van der Waals surface area (Å²) in [4.78, 5) is 26.1. The van der Waals surface area contributed by atoms with Gasteiger partial charge in [-0.25, -0.2) is 9.37 Å². The van der Waals surface area contributed by atoms with E-state index in [9.17, 15) is 23.1 Å². The van der Waals surface area contributed by atoms with Gasteiger partial charge in [-0.3, -0.25) is 9.78 Å². The molecule has 1 amide bonds. The lowest BCUT2D eigenvalue weighted by Crippen LogP contribution is -2.39. The maximum absolute atomic E-state index is 15.3. The molecule has 5 heterocycles. The van der Waals surface area contributed by atoms with Crippen molar-refractivity contribution in [1.82, 2.24) is 40.1 Å². The summed E-state index contributed by atoms with van der Waals surface area (Å²) in [5.74, 6) is -0.735. The van der Waals surface area contributed by atoms with Crippen LogP contribution in [0.5, 0.6) is 0 Å². The topological polar surface area (TPSA) is 126 Å². The fourth-order valence-electron chi connectivity index (χ4n) is 5.34. The summed E-state index contributed by atoms with van der Waals surface area (Å²) < 4.78 is 55.6. The van der Waals surface area contributed by atoms with Crippen LogP contribution in [0.1, 0.15) is 48.5 Å². The van der Waals surface area contributed by atoms with Gasteiger partial charge in [-0.15, -0.1) is 5.10 Å². The molecule has 3 aromatic heterocycles. The van der Waals surface area contributed by atoms with Gasteiger partial charge < -0.3 is 15.0 Å². The Morgan fingerprint density at radius 2 is 1.98 bits per heavy atom. The molecular formula is C25H18Cl2F4N8O2. The number of aromatic amines is 1. The van der Waals surface area contributed by atoms with Gasteiger partial charge in [0.25, 0.3) is 0 Å². The van der Waals surface area contributed by atoms with Crippen molar-refractivity contribution in [1.29, 1.82) is 0 Å². The fraction of sp³-hybridized carbons (Fsp3) is 0.280. The van der Waals surface area contributed by atoms with Crippen LogP contribution in [0.2, 0.25) is 10.2 Å². The second-order valence-corrected chi connectivity index (χ2v) is 10.3. The van der Waals surface area contributed by atoms with Gasteiger partial charge in [-0.1, -0.05) is 23.2 Å². The molecule has 2 aliphatic rings. The van der Waals surface area contributed by atoms with Crippen molar-refractivity contribution in [2.24, 2.45) is 0 Å². The second-order valence-electron chi connectivity index (χ2n) is 9.58. The van der Waals surface area contributed by atoms with E-state index < -0.39 is 29.8 Å². The highest BCUT2D eigenvalue weighted by Crippen LogP contribution is 2.45. The van der Waals surface area contributed by atoms with Crippen LogP contribution in [-0.4, -0.2) is 63.3 Å². The van der Waals surface area contributed by atoms with Crippen LogP contribution in [0.4, 0.5) is 17.6 Å². The molecule has 0 bridgehead atoms. The van der Waals surface area contributed by atoms with Crippen molar-refractivity contribution < 1.29 is 27.5 Å². The van der Waals surface area contributed by atoms with E-state index in [-0.39, 0.29) is 38.9 Å². The van der Waals surface area contributed by atoms with Crippen LogP contribution in [0.25, 0.3) is 22.5 Å². The summed E-state index contributed by atoms with van der Waals surface area (Å²) in [7, 11) is 0. The largest absolute Gasteiger partial charge is 0.420 e. The molecule has 0 radical (unpaired) electrons. The number of aliphatic hydroxyl groups excluding tert-OH is 1. The van der Waals surface area contributed by atoms with Crippen molar-refractivity contribution >= 4 is 34.7 Å². The van der Waals surface area contributed by atoms with E-state index in [4.69, 9.17) is 23.2 Å². The first-order valence-electron chi connectivity index (χ1n) is 12.2. The predicted molar refractivity (Wildman–Crippen MR) is 137 cm³/mol. The highest BCUT2D eigenvalue weighted by Gasteiger charge is 2.43. The molecule has 1 aromatic carbocycles. The van der Waals surface area contributed by atoms with Gasteiger partial charge in [0.2, 0.25) is 5.91 Å². The van der Waals surface area contributed by atoms with Crippen molar-refractivity contribution in [3.63, 3.8) is 0 Å². The Morgan fingerprint density at radius 1 is 1.17 bits per heavy atom. The molecule has 10 nitrogen and oxygen atoms in total. The number of imidazole rings is 1. The Labute approximate surface area is 238 Å². The Balaban J connectivity index is 1.31. The first kappa shape index (κ1) is 27.3. The summed E-state index contributed by atoms with van der Waals surface area (Å²) >= 11 is 12.4. The average molecular weight is 609 g/mol. The van der Waals surface area contributed by atoms with Gasteiger partial charge in [0.15, 0.2) is 17.1 Å². The standard InChI is InChI=1S/C25H18Cl2F4N8O2/c26-14-2-4-16(38-10-33-36-37-38)19(20(14)28)12-7-13-1-3-17(39(13)18(40)9-12)24-34-21(23(27)35-24)11-5-6-32-15(8-11)22(41)25(29,30)31/h2,4-6,8-10,13,17,22,41H,1,3,7H2,(H,34,35)/t13-,17+,22-/m1/s1. The molecule has 2 N–H and O–H groups in total. The molecule has 0 spiro atoms. The Morgan fingerprint density at radius 3 is 2.71 bits per heavy atom. The number of tetrazole rings is 1. The van der Waals surface area contributed by atoms with Crippen LogP contribution in [0.15, 0.2) is 42.9 Å². The van der Waals surface area contributed by atoms with Crippen molar-refractivity contribution in [2.45, 2.75) is 43.6 Å². The van der Waals surface area contributed by atoms with E-state index >= 15 is 4.39 Å². The molecule has 212 valence electrons. The van der Waals surface area contributed by atoms with Crippen LogP contribution < -0.4 is 0 Å². The molecule has 0 saturated carbocycles. The monoisotopic (exact) mass is 608 g/mol. The number of alkyl halides is 3. The van der Waals surface area contributed by atoms with Crippen molar-refractivity contribution in [3.8, 4) is 16.9 Å². The van der Waals surface area contributed by atoms with Gasteiger partial charge in [-0.05, 0) is 59.5 Å². The van der Waals surface area contributed by atoms with Gasteiger partial charge in [0, 0.05) is 29.4 Å². The number of halogens is 6. The van der Waals surface area contributed by atoms with E-state index in [0.29, 0.717) is 36.3 Å². The van der Waals surface area contributed by atoms with Crippen molar-refractivity contribution in [2.75, 3.05) is 0 Å². The summed E-state index contributed by atoms with van der Waals surface area (Å²) in [5.41, 5.74) is 0.744. The molecule has 1 fully saturated rings. The molecule has 1 saturated heterocycles. The number of benzene rings is 1. The molecule has 3 atom stereocenters. The summed E-state index contributed by atoms with van der Waals surface area (Å²) in [6.45, 7) is 0. The molecule has 0 unspecified atom stereocenters. The number of amides is 1. The maximum Gasteiger partial charge on any atom is 0.420 e. The number of hydrogen-bond donors (Lipinski definition) is 2. The highest BCUT2D eigenvalue weighted by atomic mass is 35.5. The number of aliphatic hydroxyl groups is 1. The zero-order valence-corrected chi connectivity index (χ0v) is 22.2. The zero-order valence-electron chi connectivity index (χ0n) is 20.6. The first-order valence-corrected chi connectivity index (χ1v) is 13.0. The molecule has 16 heteroatoms. The van der Waals surface area contributed by atoms with Gasteiger partial charge in [0.1, 0.15) is 12.2 Å². The van der Waals surface area contributed by atoms with Crippen LogP contribution in [-0.2, 0) is 4.79 Å². The molecule has 0 aliphatic carbocycles. The summed E-state index contributed by atoms with van der Waals surface area (Å²) in [6.07, 6.45) is -2.49. The fourth-order valence-corrected chi connectivity index (χ4v) is 5.75. The third-order valence-electron chi connectivity index (χ3n) is 7.15. The summed E-state index contributed by atoms with van der Waals surface area (Å²) in [6, 6.07) is 4.64. The Kier molecular flexibility index (Phi) is 6.78. The SMILES string of the molecule is O=C1C=C(c2c(-n3cnnn3)ccc(Cl)c2F)C[C@H]2CC[C@@H](c3nc(Cl)c(-c4ccnc([C@@H](O)C(F)(F)F)c4)[nH]3)N12. The van der Waals surface area contributed by atoms with Gasteiger partial charge in [-0.2, -0.15) is 17.9 Å². The number of nitrogens with zero attached hydrogens (tertiary/aromatic N) is 7. The van der Waals surface area contributed by atoms with Crippen molar-refractivity contribution in [3.05, 3.63) is 75.9 Å². The Bertz CT molecular complexity index is 1670. The van der Waals surface area contributed by atoms with Gasteiger partial charge in [0.05, 0.1) is 28.1 Å². The van der Waals surface area contributed by atoms with E-state index in [2.05, 4.69) is 30.5 Å². The van der Waals surface area contributed by atoms with Crippen LogP contribution in [0, 0.1) is 5.82 Å². The van der Waals surface area contributed by atoms with E-state index in [0.717, 1.165) is 12.3 Å². The minimum atomic E-state index is -4.89. The van der Waals surface area contributed by atoms with E-state index in [1.54, 1.807) is 11.0 Å². The number of nitrogens with one attached hydrogen (secondary N) is 1. The normalized spacial score (nSPS) is 19.8. The lowest BCUT2D eigenvalue weighted by molar-refractivity contribution is -0.207. The van der Waals surface area contributed by atoms with Gasteiger partial charge >= 0.3 is 6.18 Å². The van der Waals surface area contributed by atoms with E-state index in [1.807, 2.05) is 0 Å². The number of carbonyl (C=O) groups excluding carboxylic acids is 1. The summed E-state index contributed by atoms with van der Waals surface area (Å²) in [5, 5.41) is 20.5. The van der Waals surface area contributed by atoms with Crippen LogP contribution in [0.3, 0.4) is 0 Å². The molecule has 6 rings (SSSR count). The molecular weight excluding hydrogens is 591 g/mol. The number of aromatic nitrogens is 7. The number of fused-ring (bicyclic) bond motifs is 1. The quantitative estimate of drug-likeness (QED) is 0.305. The van der Waals surface area contributed by atoms with E-state index in [1.165, 1.54) is 29.2 Å². The average Bonchev–Trinajstić information content (AvgIpc) is 3.69. The zero-order chi connectivity index (χ0) is 29.1. The van der Waals surface area contributed by atoms with Crippen LogP contribution >= 0.6 is 23.2 Å². The third kappa shape index (κ3) is 4.85. The lowest BCUT2D eigenvalue weighted by atomic mass is 9.92. The number of H-pyrrole nitrogens is 1. The highest BCUT2D eigenvalue weighted by molar-refractivity contribution is 6.32. The maximum atomic E-state index is 15.3. The lowest BCUT2D eigenvalue weighted by Gasteiger charge is -2.33. The molecule has 2 aliphatic heterocycles. The first-order chi connectivity index (χ1) is 19.5. The number of carbonyl (C=O) groups is 1. The molecule has 4 aromatic rings. The predicted octanol–water partition coefficient (Wildman–Crippen LogP) is 5.01. The number of pyridine rings is 1.